The summed E-state index contributed by atoms with van der Waals surface area (Å²) >= 11 is 0. The molecule has 5 nitrogen and oxygen atoms in total. The van der Waals surface area contributed by atoms with Gasteiger partial charge in [-0.3, -0.25) is 9.59 Å². The molecule has 1 fully saturated rings. The first-order valence-electron chi connectivity index (χ1n) is 10.2. The van der Waals surface area contributed by atoms with Crippen molar-refractivity contribution in [3.63, 3.8) is 0 Å². The Bertz CT molecular complexity index is 622. The van der Waals surface area contributed by atoms with Crippen LogP contribution in [0.5, 0.6) is 0 Å². The van der Waals surface area contributed by atoms with Crippen molar-refractivity contribution in [1.29, 1.82) is 0 Å². The fourth-order valence-electron chi connectivity index (χ4n) is 3.68. The van der Waals surface area contributed by atoms with Crippen molar-refractivity contribution < 1.29 is 9.59 Å². The lowest BCUT2D eigenvalue weighted by atomic mass is 9.81. The van der Waals surface area contributed by atoms with Crippen molar-refractivity contribution in [3.05, 3.63) is 24.3 Å². The van der Waals surface area contributed by atoms with Crippen molar-refractivity contribution in [1.82, 2.24) is 5.32 Å². The molecule has 0 unspecified atom stereocenters. The molecular formula is C22H35N3O2. The third-order valence-corrected chi connectivity index (χ3v) is 5.23. The number of carbonyl (C=O) groups is 2. The largest absolute Gasteiger partial charge is 0.372 e. The first-order chi connectivity index (χ1) is 12.7. The van der Waals surface area contributed by atoms with E-state index in [4.69, 9.17) is 0 Å². The van der Waals surface area contributed by atoms with E-state index in [2.05, 4.69) is 41.5 Å². The lowest BCUT2D eigenvalue weighted by molar-refractivity contribution is -0.129. The van der Waals surface area contributed by atoms with Crippen molar-refractivity contribution in [3.8, 4) is 0 Å². The van der Waals surface area contributed by atoms with Crippen LogP contribution < -0.4 is 15.5 Å². The van der Waals surface area contributed by atoms with E-state index in [-0.39, 0.29) is 29.2 Å². The summed E-state index contributed by atoms with van der Waals surface area (Å²) in [5.41, 5.74) is 1.80. The zero-order chi connectivity index (χ0) is 20.0. The summed E-state index contributed by atoms with van der Waals surface area (Å²) in [5, 5.41) is 6.09. The monoisotopic (exact) mass is 373 g/mol. The minimum absolute atomic E-state index is 0.00820. The van der Waals surface area contributed by atoms with Gasteiger partial charge in [0.25, 0.3) is 0 Å². The molecule has 0 heterocycles. The van der Waals surface area contributed by atoms with Gasteiger partial charge in [-0.15, -0.1) is 0 Å². The smallest absolute Gasteiger partial charge is 0.227 e. The molecule has 2 N–H and O–H groups in total. The Hall–Kier alpha value is -2.04. The van der Waals surface area contributed by atoms with Crippen LogP contribution in [0.3, 0.4) is 0 Å². The summed E-state index contributed by atoms with van der Waals surface area (Å²) in [4.78, 5) is 27.2. The van der Waals surface area contributed by atoms with E-state index >= 15 is 0 Å². The molecule has 0 radical (unpaired) electrons. The molecule has 0 spiro atoms. The number of carbonyl (C=O) groups excluding carboxylic acids is 2. The number of anilines is 2. The molecule has 1 aliphatic carbocycles. The molecule has 0 saturated heterocycles. The Labute approximate surface area is 163 Å². The SMILES string of the molecule is CCN(CC)c1ccc(NC(=O)C2CCC(C(=O)NC(C)(C)C)CC2)cc1. The van der Waals surface area contributed by atoms with Crippen LogP contribution in [0.4, 0.5) is 11.4 Å². The van der Waals surface area contributed by atoms with E-state index in [9.17, 15) is 9.59 Å². The Morgan fingerprint density at radius 1 is 0.926 bits per heavy atom. The van der Waals surface area contributed by atoms with Crippen molar-refractivity contribution in [2.45, 2.75) is 65.8 Å². The highest BCUT2D eigenvalue weighted by molar-refractivity contribution is 5.93. The van der Waals surface area contributed by atoms with Gasteiger partial charge in [-0.1, -0.05) is 0 Å². The van der Waals surface area contributed by atoms with Crippen LogP contribution in [-0.2, 0) is 9.59 Å². The van der Waals surface area contributed by atoms with Crippen LogP contribution in [-0.4, -0.2) is 30.4 Å². The lowest BCUT2D eigenvalue weighted by Crippen LogP contribution is -2.45. The number of nitrogens with one attached hydrogen (secondary N) is 2. The molecule has 0 atom stereocenters. The summed E-state index contributed by atoms with van der Waals surface area (Å²) in [5.74, 6) is 0.210. The first kappa shape index (κ1) is 21.3. The van der Waals surface area contributed by atoms with E-state index < -0.39 is 0 Å². The van der Waals surface area contributed by atoms with Gasteiger partial charge in [0.15, 0.2) is 0 Å². The van der Waals surface area contributed by atoms with Gasteiger partial charge in [0, 0.05) is 41.8 Å². The lowest BCUT2D eigenvalue weighted by Gasteiger charge is -2.30. The highest BCUT2D eigenvalue weighted by Gasteiger charge is 2.31. The molecule has 150 valence electrons. The minimum Gasteiger partial charge on any atom is -0.372 e. The van der Waals surface area contributed by atoms with Crippen LogP contribution in [0.1, 0.15) is 60.3 Å². The molecule has 0 bridgehead atoms. The zero-order valence-corrected chi connectivity index (χ0v) is 17.5. The molecule has 1 aromatic carbocycles. The van der Waals surface area contributed by atoms with E-state index in [1.54, 1.807) is 0 Å². The van der Waals surface area contributed by atoms with Gasteiger partial charge < -0.3 is 15.5 Å². The highest BCUT2D eigenvalue weighted by atomic mass is 16.2. The molecule has 0 aliphatic heterocycles. The molecule has 1 aromatic rings. The molecule has 1 saturated carbocycles. The van der Waals surface area contributed by atoms with E-state index in [0.29, 0.717) is 0 Å². The van der Waals surface area contributed by atoms with E-state index in [1.165, 1.54) is 5.69 Å². The second-order valence-corrected chi connectivity index (χ2v) is 8.50. The maximum atomic E-state index is 12.6. The van der Waals surface area contributed by atoms with Crippen molar-refractivity contribution in [2.75, 3.05) is 23.3 Å². The number of rotatable bonds is 6. The minimum atomic E-state index is -0.206. The van der Waals surface area contributed by atoms with E-state index in [1.807, 2.05) is 32.9 Å². The number of hydrogen-bond donors (Lipinski definition) is 2. The molecule has 5 heteroatoms. The number of nitrogens with zero attached hydrogens (tertiary/aromatic N) is 1. The zero-order valence-electron chi connectivity index (χ0n) is 17.5. The molecule has 1 aliphatic rings. The van der Waals surface area contributed by atoms with Gasteiger partial charge >= 0.3 is 0 Å². The van der Waals surface area contributed by atoms with Crippen LogP contribution in [0.25, 0.3) is 0 Å². The van der Waals surface area contributed by atoms with Crippen molar-refractivity contribution in [2.24, 2.45) is 11.8 Å². The molecule has 2 amide bonds. The maximum Gasteiger partial charge on any atom is 0.227 e. The highest BCUT2D eigenvalue weighted by Crippen LogP contribution is 2.30. The second-order valence-electron chi connectivity index (χ2n) is 8.50. The summed E-state index contributed by atoms with van der Waals surface area (Å²) < 4.78 is 0. The van der Waals surface area contributed by atoms with Gasteiger partial charge in [-0.05, 0) is 84.6 Å². The van der Waals surface area contributed by atoms with Gasteiger partial charge in [0.2, 0.25) is 11.8 Å². The maximum absolute atomic E-state index is 12.6. The van der Waals surface area contributed by atoms with Crippen molar-refractivity contribution >= 4 is 23.2 Å². The van der Waals surface area contributed by atoms with Gasteiger partial charge in [0.05, 0.1) is 0 Å². The van der Waals surface area contributed by atoms with Gasteiger partial charge in [0.1, 0.15) is 0 Å². The molecule has 27 heavy (non-hydrogen) atoms. The predicted molar refractivity (Wildman–Crippen MR) is 112 cm³/mol. The van der Waals surface area contributed by atoms with Crippen LogP contribution in [0.15, 0.2) is 24.3 Å². The average molecular weight is 374 g/mol. The van der Waals surface area contributed by atoms with Crippen LogP contribution in [0, 0.1) is 11.8 Å². The molecule has 2 rings (SSSR count). The summed E-state index contributed by atoms with van der Waals surface area (Å²) in [6.45, 7) is 12.2. The number of amides is 2. The van der Waals surface area contributed by atoms with Crippen LogP contribution in [0.2, 0.25) is 0 Å². The third-order valence-electron chi connectivity index (χ3n) is 5.23. The fourth-order valence-corrected chi connectivity index (χ4v) is 3.68. The third kappa shape index (κ3) is 6.26. The quantitative estimate of drug-likeness (QED) is 0.786. The van der Waals surface area contributed by atoms with Gasteiger partial charge in [-0.2, -0.15) is 0 Å². The molecular weight excluding hydrogens is 338 g/mol. The standard InChI is InChI=1S/C22H35N3O2/c1-6-25(7-2)19-14-12-18(13-15-19)23-20(26)16-8-10-17(11-9-16)21(27)24-22(3,4)5/h12-17H,6-11H2,1-5H3,(H,23,26)(H,24,27). The Balaban J connectivity index is 1.85. The first-order valence-corrected chi connectivity index (χ1v) is 10.2. The van der Waals surface area contributed by atoms with Gasteiger partial charge in [-0.25, -0.2) is 0 Å². The average Bonchev–Trinajstić information content (AvgIpc) is 2.63. The Kier molecular flexibility index (Phi) is 7.28. The summed E-state index contributed by atoms with van der Waals surface area (Å²) in [6, 6.07) is 8.04. The van der Waals surface area contributed by atoms with E-state index in [0.717, 1.165) is 44.5 Å². The topological polar surface area (TPSA) is 61.4 Å². The predicted octanol–water partition coefficient (Wildman–Crippen LogP) is 4.19. The molecule has 0 aromatic heterocycles. The Morgan fingerprint density at radius 3 is 1.85 bits per heavy atom. The second kappa shape index (κ2) is 9.25. The van der Waals surface area contributed by atoms with Crippen LogP contribution >= 0.6 is 0 Å². The number of hydrogen-bond acceptors (Lipinski definition) is 3. The summed E-state index contributed by atoms with van der Waals surface area (Å²) in [6.07, 6.45) is 3.10. The normalized spacial score (nSPS) is 20.0. The fraction of sp³-hybridized carbons (Fsp3) is 0.636. The summed E-state index contributed by atoms with van der Waals surface area (Å²) in [7, 11) is 0. The number of benzene rings is 1. The Morgan fingerprint density at radius 2 is 1.41 bits per heavy atom.